The average Bonchev–Trinajstić information content (AvgIpc) is 2.31. The van der Waals surface area contributed by atoms with Crippen LogP contribution in [0.25, 0.3) is 0 Å². The van der Waals surface area contributed by atoms with Crippen molar-refractivity contribution in [1.29, 1.82) is 0 Å². The quantitative estimate of drug-likeness (QED) is 0.758. The topological polar surface area (TPSA) is 15.3 Å². The Balaban J connectivity index is 2.14. The Morgan fingerprint density at radius 2 is 2.20 bits per heavy atom. The molecule has 0 spiro atoms. The van der Waals surface area contributed by atoms with Crippen molar-refractivity contribution in [3.05, 3.63) is 43.0 Å². The summed E-state index contributed by atoms with van der Waals surface area (Å²) in [5, 5.41) is 3.43. The fourth-order valence-electron chi connectivity index (χ4n) is 2.12. The minimum absolute atomic E-state index is 0.554. The van der Waals surface area contributed by atoms with Gasteiger partial charge >= 0.3 is 0 Å². The van der Waals surface area contributed by atoms with Crippen LogP contribution in [0.1, 0.15) is 6.42 Å². The van der Waals surface area contributed by atoms with Gasteiger partial charge in [-0.2, -0.15) is 0 Å². The Morgan fingerprint density at radius 3 is 2.93 bits per heavy atom. The normalized spacial score (nSPS) is 21.3. The molecule has 0 amide bonds. The third kappa shape index (κ3) is 2.39. The van der Waals surface area contributed by atoms with E-state index in [1.165, 1.54) is 5.69 Å². The molecule has 1 fully saturated rings. The largest absolute Gasteiger partial charge is 0.366 e. The summed E-state index contributed by atoms with van der Waals surface area (Å²) in [5.74, 6) is 0. The van der Waals surface area contributed by atoms with Crippen LogP contribution in [-0.4, -0.2) is 25.7 Å². The summed E-state index contributed by atoms with van der Waals surface area (Å²) in [4.78, 5) is 2.47. The van der Waals surface area contributed by atoms with Crippen LogP contribution in [0.4, 0.5) is 5.69 Å². The average molecular weight is 204 g/mol. The SMILES string of the molecule is C=CCC1CNCCN1[14c]1ccccc1. The number of piperazine rings is 1. The summed E-state index contributed by atoms with van der Waals surface area (Å²) in [6.07, 6.45) is 3.05. The van der Waals surface area contributed by atoms with Crippen molar-refractivity contribution < 1.29 is 0 Å². The second-order valence-electron chi connectivity index (χ2n) is 3.91. The van der Waals surface area contributed by atoms with Crippen LogP contribution >= 0.6 is 0 Å². The van der Waals surface area contributed by atoms with E-state index in [2.05, 4.69) is 47.1 Å². The third-order valence-corrected chi connectivity index (χ3v) is 2.88. The molecule has 2 rings (SSSR count). The van der Waals surface area contributed by atoms with E-state index in [0.29, 0.717) is 6.04 Å². The number of nitrogens with one attached hydrogen (secondary N) is 1. The van der Waals surface area contributed by atoms with E-state index in [1.54, 1.807) is 0 Å². The highest BCUT2D eigenvalue weighted by molar-refractivity contribution is 5.47. The number of anilines is 1. The smallest absolute Gasteiger partial charge is 0.0449 e. The van der Waals surface area contributed by atoms with Crippen LogP contribution in [-0.2, 0) is 0 Å². The number of hydrogen-bond donors (Lipinski definition) is 1. The summed E-state index contributed by atoms with van der Waals surface area (Å²) in [5.41, 5.74) is 1.32. The molecule has 1 N–H and O–H groups in total. The second-order valence-corrected chi connectivity index (χ2v) is 3.91. The van der Waals surface area contributed by atoms with Gasteiger partial charge in [-0.15, -0.1) is 6.58 Å². The van der Waals surface area contributed by atoms with Crippen molar-refractivity contribution in [1.82, 2.24) is 5.32 Å². The number of para-hydroxylation sites is 1. The van der Waals surface area contributed by atoms with Crippen LogP contribution in [0.15, 0.2) is 43.0 Å². The minimum Gasteiger partial charge on any atom is -0.366 e. The van der Waals surface area contributed by atoms with E-state index in [1.807, 2.05) is 6.08 Å². The Labute approximate surface area is 91.6 Å². The first-order valence-electron chi connectivity index (χ1n) is 5.55. The zero-order valence-electron chi connectivity index (χ0n) is 9.02. The molecule has 1 atom stereocenters. The molecule has 1 heterocycles. The molecular weight excluding hydrogens is 186 g/mol. The number of nitrogens with zero attached hydrogens (tertiary/aromatic N) is 1. The minimum atomic E-state index is 0.554. The first-order valence-corrected chi connectivity index (χ1v) is 5.55. The van der Waals surface area contributed by atoms with Crippen LogP contribution < -0.4 is 10.2 Å². The first-order chi connectivity index (χ1) is 7.42. The van der Waals surface area contributed by atoms with E-state index in [9.17, 15) is 0 Å². The van der Waals surface area contributed by atoms with Crippen molar-refractivity contribution in [2.45, 2.75) is 12.5 Å². The van der Waals surface area contributed by atoms with Crippen LogP contribution in [0, 0.1) is 0 Å². The molecule has 80 valence electrons. The lowest BCUT2D eigenvalue weighted by molar-refractivity contribution is 0.479. The lowest BCUT2D eigenvalue weighted by Gasteiger charge is -2.37. The van der Waals surface area contributed by atoms with Crippen LogP contribution in [0.3, 0.4) is 0 Å². The van der Waals surface area contributed by atoms with E-state index in [-0.39, 0.29) is 0 Å². The molecule has 0 aromatic heterocycles. The highest BCUT2D eigenvalue weighted by Gasteiger charge is 2.20. The Bertz CT molecular complexity index is 308. The molecule has 0 bridgehead atoms. The van der Waals surface area contributed by atoms with Crippen LogP contribution in [0.5, 0.6) is 0 Å². The highest BCUT2D eigenvalue weighted by Crippen LogP contribution is 2.19. The lowest BCUT2D eigenvalue weighted by Crippen LogP contribution is -2.51. The van der Waals surface area contributed by atoms with Crippen LogP contribution in [0.2, 0.25) is 0 Å². The summed E-state index contributed by atoms with van der Waals surface area (Å²) >= 11 is 0. The van der Waals surface area contributed by atoms with E-state index >= 15 is 0 Å². The van der Waals surface area contributed by atoms with Gasteiger partial charge in [0.15, 0.2) is 0 Å². The summed E-state index contributed by atoms with van der Waals surface area (Å²) in [6, 6.07) is 11.2. The van der Waals surface area contributed by atoms with Gasteiger partial charge in [-0.1, -0.05) is 24.3 Å². The second kappa shape index (κ2) is 4.99. The highest BCUT2D eigenvalue weighted by atomic mass is 15.6. The van der Waals surface area contributed by atoms with Gasteiger partial charge in [0.05, 0.1) is 0 Å². The zero-order chi connectivity index (χ0) is 10.5. The van der Waals surface area contributed by atoms with Gasteiger partial charge in [-0.05, 0) is 18.6 Å². The summed E-state index contributed by atoms with van der Waals surface area (Å²) in [6.45, 7) is 7.04. The van der Waals surface area contributed by atoms with Crippen molar-refractivity contribution in [3.8, 4) is 0 Å². The zero-order valence-corrected chi connectivity index (χ0v) is 9.02. The number of benzene rings is 1. The van der Waals surface area contributed by atoms with Gasteiger partial charge in [-0.25, -0.2) is 0 Å². The van der Waals surface area contributed by atoms with Gasteiger partial charge in [0.2, 0.25) is 0 Å². The number of hydrogen-bond acceptors (Lipinski definition) is 2. The maximum Gasteiger partial charge on any atom is 0.0449 e. The first kappa shape index (κ1) is 10.2. The van der Waals surface area contributed by atoms with Gasteiger partial charge in [-0.3, -0.25) is 0 Å². The predicted octanol–water partition coefficient (Wildman–Crippen LogP) is 2.04. The molecule has 15 heavy (non-hydrogen) atoms. The number of rotatable bonds is 3. The molecule has 0 saturated carbocycles. The Kier molecular flexibility index (Phi) is 3.41. The molecule has 1 unspecified atom stereocenters. The van der Waals surface area contributed by atoms with E-state index < -0.39 is 0 Å². The standard InChI is InChI=1S/C13H18N2/c1-2-6-13-11-14-9-10-15(13)12-7-4-3-5-8-12/h2-5,7-8,13-14H,1,6,9-11H2/i12+2. The molecule has 2 nitrogen and oxygen atoms in total. The lowest BCUT2D eigenvalue weighted by atomic mass is 10.1. The summed E-state index contributed by atoms with van der Waals surface area (Å²) in [7, 11) is 0. The maximum atomic E-state index is 3.83. The van der Waals surface area contributed by atoms with E-state index in [0.717, 1.165) is 26.1 Å². The monoisotopic (exact) mass is 204 g/mol. The fourth-order valence-corrected chi connectivity index (χ4v) is 2.12. The molecule has 1 aliphatic rings. The molecule has 0 radical (unpaired) electrons. The third-order valence-electron chi connectivity index (χ3n) is 2.88. The molecular formula is C13H18N2. The summed E-state index contributed by atoms with van der Waals surface area (Å²) < 4.78 is 0. The van der Waals surface area contributed by atoms with E-state index in [4.69, 9.17) is 0 Å². The molecule has 1 aromatic rings. The molecule has 1 aromatic carbocycles. The van der Waals surface area contributed by atoms with Gasteiger partial charge in [0, 0.05) is 31.4 Å². The molecule has 1 aliphatic heterocycles. The fraction of sp³-hybridized carbons (Fsp3) is 0.385. The molecule has 1 saturated heterocycles. The van der Waals surface area contributed by atoms with Crippen molar-refractivity contribution >= 4 is 5.69 Å². The van der Waals surface area contributed by atoms with Gasteiger partial charge < -0.3 is 10.2 Å². The molecule has 2 heteroatoms. The molecule has 0 aliphatic carbocycles. The van der Waals surface area contributed by atoms with Crippen molar-refractivity contribution in [3.63, 3.8) is 0 Å². The maximum absolute atomic E-state index is 3.83. The van der Waals surface area contributed by atoms with Gasteiger partial charge in [0.25, 0.3) is 0 Å². The predicted molar refractivity (Wildman–Crippen MR) is 65.3 cm³/mol. The van der Waals surface area contributed by atoms with Gasteiger partial charge in [0.1, 0.15) is 0 Å². The van der Waals surface area contributed by atoms with Crippen molar-refractivity contribution in [2.24, 2.45) is 0 Å². The Hall–Kier alpha value is -1.28. The Morgan fingerprint density at radius 1 is 1.40 bits per heavy atom. The van der Waals surface area contributed by atoms with Crippen molar-refractivity contribution in [2.75, 3.05) is 24.5 Å².